The highest BCUT2D eigenvalue weighted by atomic mass is 19.2. The summed E-state index contributed by atoms with van der Waals surface area (Å²) in [4.78, 5) is 16.9. The van der Waals surface area contributed by atoms with Gasteiger partial charge < -0.3 is 9.30 Å². The number of ether oxygens (including phenoxy) is 1. The standard InChI is InChI=1S/C26H18F2N2O2/c1-32-26(31)18-10-12-24-23(14-18)29-25(20-8-4-6-17-5-2-3-7-19(17)20)30(24)15-16-9-11-21(27)22(28)13-16/h2-14H,15H2,1H3. The van der Waals surface area contributed by atoms with Crippen LogP contribution in [0.3, 0.4) is 0 Å². The van der Waals surface area contributed by atoms with Crippen molar-refractivity contribution in [2.75, 3.05) is 7.11 Å². The number of carbonyl (C=O) groups is 1. The maximum Gasteiger partial charge on any atom is 0.337 e. The molecule has 0 atom stereocenters. The number of esters is 1. The summed E-state index contributed by atoms with van der Waals surface area (Å²) >= 11 is 0. The lowest BCUT2D eigenvalue weighted by atomic mass is 10.0. The Kier molecular flexibility index (Phi) is 4.90. The number of methoxy groups -OCH3 is 1. The molecule has 0 fully saturated rings. The van der Waals surface area contributed by atoms with Gasteiger partial charge >= 0.3 is 5.97 Å². The minimum atomic E-state index is -0.897. The molecule has 1 heterocycles. The van der Waals surface area contributed by atoms with Gasteiger partial charge in [-0.05, 0) is 46.7 Å². The first-order valence-corrected chi connectivity index (χ1v) is 10.1. The molecule has 0 amide bonds. The molecule has 6 heteroatoms. The monoisotopic (exact) mass is 428 g/mol. The third-order valence-electron chi connectivity index (χ3n) is 5.52. The van der Waals surface area contributed by atoms with E-state index in [0.717, 1.165) is 27.9 Å². The molecule has 0 N–H and O–H groups in total. The van der Waals surface area contributed by atoms with Crippen LogP contribution in [0.1, 0.15) is 15.9 Å². The molecule has 0 saturated carbocycles. The fourth-order valence-corrected chi connectivity index (χ4v) is 3.98. The highest BCUT2D eigenvalue weighted by Crippen LogP contribution is 2.32. The van der Waals surface area contributed by atoms with Gasteiger partial charge in [0.15, 0.2) is 11.6 Å². The molecule has 32 heavy (non-hydrogen) atoms. The van der Waals surface area contributed by atoms with Crippen LogP contribution in [-0.2, 0) is 11.3 Å². The minimum Gasteiger partial charge on any atom is -0.465 e. The van der Waals surface area contributed by atoms with E-state index in [2.05, 4.69) is 0 Å². The van der Waals surface area contributed by atoms with Crippen LogP contribution in [0.2, 0.25) is 0 Å². The number of hydrogen-bond donors (Lipinski definition) is 0. The summed E-state index contributed by atoms with van der Waals surface area (Å²) in [6.07, 6.45) is 0. The lowest BCUT2D eigenvalue weighted by Crippen LogP contribution is -2.04. The number of halogens is 2. The minimum absolute atomic E-state index is 0.282. The third-order valence-corrected chi connectivity index (χ3v) is 5.52. The summed E-state index contributed by atoms with van der Waals surface area (Å²) < 4.78 is 34.1. The van der Waals surface area contributed by atoms with Crippen LogP contribution in [0.25, 0.3) is 33.2 Å². The smallest absolute Gasteiger partial charge is 0.337 e. The Hall–Kier alpha value is -4.06. The molecule has 5 aromatic rings. The number of benzene rings is 4. The van der Waals surface area contributed by atoms with Crippen molar-refractivity contribution in [1.82, 2.24) is 9.55 Å². The summed E-state index contributed by atoms with van der Waals surface area (Å²) in [6.45, 7) is 0.282. The molecule has 0 bridgehead atoms. The van der Waals surface area contributed by atoms with E-state index >= 15 is 0 Å². The normalized spacial score (nSPS) is 11.2. The van der Waals surface area contributed by atoms with E-state index in [-0.39, 0.29) is 6.54 Å². The molecular formula is C26H18F2N2O2. The van der Waals surface area contributed by atoms with Crippen molar-refractivity contribution in [3.05, 3.63) is 102 Å². The van der Waals surface area contributed by atoms with E-state index in [0.29, 0.717) is 22.5 Å². The Morgan fingerprint density at radius 2 is 1.75 bits per heavy atom. The molecule has 0 saturated heterocycles. The van der Waals surface area contributed by atoms with Gasteiger partial charge in [0.2, 0.25) is 0 Å². The highest BCUT2D eigenvalue weighted by molar-refractivity contribution is 5.98. The van der Waals surface area contributed by atoms with Gasteiger partial charge in [0.25, 0.3) is 0 Å². The van der Waals surface area contributed by atoms with Crippen LogP contribution in [0.5, 0.6) is 0 Å². The van der Waals surface area contributed by atoms with Gasteiger partial charge in [0, 0.05) is 12.1 Å². The first-order chi connectivity index (χ1) is 15.5. The summed E-state index contributed by atoms with van der Waals surface area (Å²) in [6, 6.07) is 22.9. The van der Waals surface area contributed by atoms with Crippen LogP contribution in [0.4, 0.5) is 8.78 Å². The van der Waals surface area contributed by atoms with Gasteiger partial charge in [-0.3, -0.25) is 0 Å². The summed E-state index contributed by atoms with van der Waals surface area (Å²) in [5.74, 6) is -1.56. The van der Waals surface area contributed by atoms with Crippen LogP contribution < -0.4 is 0 Å². The highest BCUT2D eigenvalue weighted by Gasteiger charge is 2.17. The maximum atomic E-state index is 13.9. The van der Waals surface area contributed by atoms with Gasteiger partial charge in [-0.2, -0.15) is 0 Å². The fraction of sp³-hybridized carbons (Fsp3) is 0.0769. The molecule has 0 spiro atoms. The topological polar surface area (TPSA) is 44.1 Å². The number of carbonyl (C=O) groups excluding carboxylic acids is 1. The number of nitrogens with zero attached hydrogens (tertiary/aromatic N) is 2. The van der Waals surface area contributed by atoms with Gasteiger partial charge in [-0.25, -0.2) is 18.6 Å². The lowest BCUT2D eigenvalue weighted by Gasteiger charge is -2.12. The SMILES string of the molecule is COC(=O)c1ccc2c(c1)nc(-c1cccc3ccccc13)n2Cc1ccc(F)c(F)c1. The van der Waals surface area contributed by atoms with Gasteiger partial charge in [-0.1, -0.05) is 48.5 Å². The van der Waals surface area contributed by atoms with Crippen molar-refractivity contribution in [3.8, 4) is 11.4 Å². The second kappa shape index (κ2) is 7.89. The van der Waals surface area contributed by atoms with E-state index in [1.807, 2.05) is 47.0 Å². The Bertz CT molecular complexity index is 1490. The molecule has 0 radical (unpaired) electrons. The lowest BCUT2D eigenvalue weighted by molar-refractivity contribution is 0.0601. The van der Waals surface area contributed by atoms with E-state index in [4.69, 9.17) is 9.72 Å². The van der Waals surface area contributed by atoms with Crippen molar-refractivity contribution in [3.63, 3.8) is 0 Å². The molecule has 0 aliphatic heterocycles. The predicted octanol–water partition coefficient (Wildman–Crippen LogP) is 5.97. The Labute approximate surface area is 182 Å². The molecule has 4 aromatic carbocycles. The van der Waals surface area contributed by atoms with Crippen molar-refractivity contribution < 1.29 is 18.3 Å². The molecule has 0 aliphatic carbocycles. The van der Waals surface area contributed by atoms with Crippen molar-refractivity contribution >= 4 is 27.8 Å². The average Bonchev–Trinajstić information content (AvgIpc) is 3.17. The molecular weight excluding hydrogens is 410 g/mol. The van der Waals surface area contributed by atoms with Crippen LogP contribution >= 0.6 is 0 Å². The van der Waals surface area contributed by atoms with Crippen LogP contribution in [0.15, 0.2) is 78.9 Å². The van der Waals surface area contributed by atoms with Crippen molar-refractivity contribution in [2.24, 2.45) is 0 Å². The molecule has 1 aromatic heterocycles. The molecule has 0 unspecified atom stereocenters. The first-order valence-electron chi connectivity index (χ1n) is 10.1. The quantitative estimate of drug-likeness (QED) is 0.331. The summed E-state index contributed by atoms with van der Waals surface area (Å²) in [5.41, 5.74) is 3.27. The van der Waals surface area contributed by atoms with E-state index in [1.54, 1.807) is 24.3 Å². The molecule has 5 rings (SSSR count). The number of imidazole rings is 1. The van der Waals surface area contributed by atoms with Gasteiger partial charge in [0.05, 0.1) is 23.7 Å². The maximum absolute atomic E-state index is 13.9. The second-order valence-corrected chi connectivity index (χ2v) is 7.49. The molecule has 158 valence electrons. The van der Waals surface area contributed by atoms with Crippen LogP contribution in [0, 0.1) is 11.6 Å². The van der Waals surface area contributed by atoms with Crippen molar-refractivity contribution in [1.29, 1.82) is 0 Å². The van der Waals surface area contributed by atoms with Crippen LogP contribution in [-0.4, -0.2) is 22.6 Å². The zero-order chi connectivity index (χ0) is 22.2. The predicted molar refractivity (Wildman–Crippen MR) is 119 cm³/mol. The zero-order valence-electron chi connectivity index (χ0n) is 17.2. The van der Waals surface area contributed by atoms with Gasteiger partial charge in [0.1, 0.15) is 5.82 Å². The summed E-state index contributed by atoms with van der Waals surface area (Å²) in [7, 11) is 1.33. The van der Waals surface area contributed by atoms with E-state index in [1.165, 1.54) is 13.2 Å². The number of rotatable bonds is 4. The zero-order valence-corrected chi connectivity index (χ0v) is 17.2. The Balaban J connectivity index is 1.75. The van der Waals surface area contributed by atoms with E-state index < -0.39 is 17.6 Å². The molecule has 0 aliphatic rings. The average molecular weight is 428 g/mol. The number of aromatic nitrogens is 2. The van der Waals surface area contributed by atoms with E-state index in [9.17, 15) is 13.6 Å². The largest absolute Gasteiger partial charge is 0.465 e. The third kappa shape index (κ3) is 3.39. The van der Waals surface area contributed by atoms with Crippen molar-refractivity contribution in [2.45, 2.75) is 6.54 Å². The first kappa shape index (κ1) is 19.9. The second-order valence-electron chi connectivity index (χ2n) is 7.49. The summed E-state index contributed by atoms with van der Waals surface area (Å²) in [5, 5.41) is 2.08. The Morgan fingerprint density at radius 1 is 0.938 bits per heavy atom. The molecule has 4 nitrogen and oxygen atoms in total. The van der Waals surface area contributed by atoms with Gasteiger partial charge in [-0.15, -0.1) is 0 Å². The Morgan fingerprint density at radius 3 is 2.56 bits per heavy atom. The number of hydrogen-bond acceptors (Lipinski definition) is 3. The number of fused-ring (bicyclic) bond motifs is 2. The fourth-order valence-electron chi connectivity index (χ4n) is 3.98.